The van der Waals surface area contributed by atoms with Crippen molar-refractivity contribution < 1.29 is 22.3 Å². The van der Waals surface area contributed by atoms with Gasteiger partial charge < -0.3 is 4.74 Å². The highest BCUT2D eigenvalue weighted by Gasteiger charge is 2.19. The van der Waals surface area contributed by atoms with Gasteiger partial charge in [0.15, 0.2) is 17.4 Å². The number of hydrogen-bond donors (Lipinski definition) is 0. The normalized spacial score (nSPS) is 10.0. The third kappa shape index (κ3) is 1.86. The van der Waals surface area contributed by atoms with Gasteiger partial charge >= 0.3 is 0 Å². The van der Waals surface area contributed by atoms with Gasteiger partial charge in [0.1, 0.15) is 6.61 Å². The molecule has 0 aliphatic heterocycles. The van der Waals surface area contributed by atoms with Gasteiger partial charge in [0, 0.05) is 0 Å². The van der Waals surface area contributed by atoms with Gasteiger partial charge in [-0.05, 0) is 0 Å². The molecule has 0 unspecified atom stereocenters. The summed E-state index contributed by atoms with van der Waals surface area (Å²) in [6, 6.07) is 1.59. The van der Waals surface area contributed by atoms with Crippen molar-refractivity contribution in [2.24, 2.45) is 0 Å². The van der Waals surface area contributed by atoms with Crippen molar-refractivity contribution in [2.45, 2.75) is 0 Å². The first-order chi connectivity index (χ1) is 6.57. The van der Waals surface area contributed by atoms with Crippen molar-refractivity contribution in [2.75, 3.05) is 6.61 Å². The summed E-state index contributed by atoms with van der Waals surface area (Å²) in [5, 5.41) is 0. The fourth-order valence-electron chi connectivity index (χ4n) is 0.744. The summed E-state index contributed by atoms with van der Waals surface area (Å²) < 4.78 is 54.8. The van der Waals surface area contributed by atoms with Crippen LogP contribution in [0.1, 0.15) is 0 Å². The van der Waals surface area contributed by atoms with Crippen LogP contribution in [-0.4, -0.2) is 6.61 Å². The minimum atomic E-state index is -1.92. The van der Waals surface area contributed by atoms with Crippen molar-refractivity contribution >= 4 is 0 Å². The van der Waals surface area contributed by atoms with Gasteiger partial charge in [-0.15, -0.1) is 0 Å². The Hall–Kier alpha value is -1.52. The van der Waals surface area contributed by atoms with Gasteiger partial charge in [-0.3, -0.25) is 0 Å². The van der Waals surface area contributed by atoms with Gasteiger partial charge in [0.05, 0.1) is 6.07 Å². The molecule has 5 heteroatoms. The van der Waals surface area contributed by atoms with E-state index in [4.69, 9.17) is 0 Å². The number of rotatable bonds is 3. The topological polar surface area (TPSA) is 9.23 Å². The molecule has 1 rings (SSSR count). The van der Waals surface area contributed by atoms with E-state index in [9.17, 15) is 17.6 Å². The molecule has 0 aliphatic rings. The first-order valence-electron chi connectivity index (χ1n) is 3.57. The summed E-state index contributed by atoms with van der Waals surface area (Å²) in [5.41, 5.74) is 0. The van der Waals surface area contributed by atoms with E-state index in [-0.39, 0.29) is 6.61 Å². The van der Waals surface area contributed by atoms with E-state index in [2.05, 4.69) is 11.3 Å². The molecule has 0 spiro atoms. The standard InChI is InChI=1S/C9H5F4O/c1-2-3-14-6-4-5(10)7(11)9(13)8(6)12/h2H,1,3H2. The number of ether oxygens (including phenoxy) is 1. The van der Waals surface area contributed by atoms with Crippen LogP contribution < -0.4 is 4.74 Å². The maximum atomic E-state index is 12.8. The largest absolute Gasteiger partial charge is 0.486 e. The summed E-state index contributed by atoms with van der Waals surface area (Å²) in [5.74, 6) is -7.86. The number of halogens is 4. The van der Waals surface area contributed by atoms with Crippen molar-refractivity contribution in [3.8, 4) is 5.75 Å². The zero-order valence-corrected chi connectivity index (χ0v) is 6.91. The molecule has 0 fully saturated rings. The lowest BCUT2D eigenvalue weighted by Gasteiger charge is -2.05. The minimum Gasteiger partial charge on any atom is -0.486 e. The van der Waals surface area contributed by atoms with E-state index in [1.165, 1.54) is 6.08 Å². The molecule has 1 nitrogen and oxygen atoms in total. The molecule has 0 saturated heterocycles. The fraction of sp³-hybridized carbons (Fsp3) is 0.111. The Morgan fingerprint density at radius 3 is 2.36 bits per heavy atom. The molecule has 0 heterocycles. The second kappa shape index (κ2) is 4.13. The zero-order valence-electron chi connectivity index (χ0n) is 6.91. The van der Waals surface area contributed by atoms with Crippen LogP contribution in [0.25, 0.3) is 0 Å². The van der Waals surface area contributed by atoms with Crippen molar-refractivity contribution in [3.05, 3.63) is 42.0 Å². The predicted octanol–water partition coefficient (Wildman–Crippen LogP) is 2.61. The van der Waals surface area contributed by atoms with E-state index in [0.29, 0.717) is 0 Å². The Balaban J connectivity index is 3.12. The van der Waals surface area contributed by atoms with E-state index in [1.807, 2.05) is 0 Å². The summed E-state index contributed by atoms with van der Waals surface area (Å²) in [4.78, 5) is 0. The van der Waals surface area contributed by atoms with E-state index >= 15 is 0 Å². The molecule has 14 heavy (non-hydrogen) atoms. The van der Waals surface area contributed by atoms with Gasteiger partial charge in [0.2, 0.25) is 11.6 Å². The molecule has 0 N–H and O–H groups in total. The van der Waals surface area contributed by atoms with E-state index < -0.39 is 29.0 Å². The quantitative estimate of drug-likeness (QED) is 0.319. The predicted molar refractivity (Wildman–Crippen MR) is 40.8 cm³/mol. The maximum absolute atomic E-state index is 12.8. The van der Waals surface area contributed by atoms with Gasteiger partial charge in [-0.2, -0.15) is 4.39 Å². The monoisotopic (exact) mass is 205 g/mol. The van der Waals surface area contributed by atoms with E-state index in [0.717, 1.165) is 0 Å². The molecule has 1 aromatic rings. The van der Waals surface area contributed by atoms with Crippen LogP contribution in [0.15, 0.2) is 12.7 Å². The molecule has 0 aliphatic carbocycles. The van der Waals surface area contributed by atoms with Crippen molar-refractivity contribution in [3.63, 3.8) is 0 Å². The molecule has 1 radical (unpaired) electrons. The summed E-state index contributed by atoms with van der Waals surface area (Å²) in [7, 11) is 0. The first kappa shape index (κ1) is 10.6. The Bertz CT molecular complexity index is 362. The van der Waals surface area contributed by atoms with Crippen LogP contribution >= 0.6 is 0 Å². The third-order valence-electron chi connectivity index (χ3n) is 1.35. The van der Waals surface area contributed by atoms with Gasteiger partial charge in [0.25, 0.3) is 0 Å². The van der Waals surface area contributed by atoms with Crippen LogP contribution in [0.2, 0.25) is 0 Å². The molecule has 75 valence electrons. The maximum Gasteiger partial charge on any atom is 0.204 e. The average Bonchev–Trinajstić information content (AvgIpc) is 2.18. The third-order valence-corrected chi connectivity index (χ3v) is 1.35. The second-order valence-corrected chi connectivity index (χ2v) is 2.31. The van der Waals surface area contributed by atoms with Gasteiger partial charge in [-0.1, -0.05) is 12.7 Å². The molecule has 0 aromatic heterocycles. The lowest BCUT2D eigenvalue weighted by Crippen LogP contribution is -2.02. The Morgan fingerprint density at radius 2 is 1.79 bits per heavy atom. The van der Waals surface area contributed by atoms with Crippen LogP contribution in [0, 0.1) is 29.3 Å². The lowest BCUT2D eigenvalue weighted by atomic mass is 10.3. The van der Waals surface area contributed by atoms with Gasteiger partial charge in [-0.25, -0.2) is 13.2 Å². The number of hydrogen-bond acceptors (Lipinski definition) is 1. The smallest absolute Gasteiger partial charge is 0.204 e. The van der Waals surface area contributed by atoms with Crippen LogP contribution in [-0.2, 0) is 0 Å². The first-order valence-corrected chi connectivity index (χ1v) is 3.57. The molecule has 0 amide bonds. The lowest BCUT2D eigenvalue weighted by molar-refractivity contribution is 0.316. The molecule has 0 atom stereocenters. The summed E-state index contributed by atoms with van der Waals surface area (Å²) in [6.07, 6.45) is 1.24. The van der Waals surface area contributed by atoms with Crippen molar-refractivity contribution in [1.82, 2.24) is 0 Å². The fourth-order valence-corrected chi connectivity index (χ4v) is 0.744. The highest BCUT2D eigenvalue weighted by molar-refractivity contribution is 5.26. The SMILES string of the molecule is C=CCOc1[c]c(F)c(F)c(F)c1F. The Morgan fingerprint density at radius 1 is 1.14 bits per heavy atom. The summed E-state index contributed by atoms with van der Waals surface area (Å²) >= 11 is 0. The Kier molecular flexibility index (Phi) is 3.11. The zero-order chi connectivity index (χ0) is 10.7. The van der Waals surface area contributed by atoms with Crippen LogP contribution in [0.5, 0.6) is 5.75 Å². The molecular formula is C9H5F4O. The van der Waals surface area contributed by atoms with Crippen LogP contribution in [0.3, 0.4) is 0 Å². The minimum absolute atomic E-state index is 0.155. The molecular weight excluding hydrogens is 200 g/mol. The molecule has 1 aromatic carbocycles. The number of benzene rings is 1. The average molecular weight is 205 g/mol. The highest BCUT2D eigenvalue weighted by atomic mass is 19.2. The Labute approximate surface area is 77.6 Å². The second-order valence-electron chi connectivity index (χ2n) is 2.31. The van der Waals surface area contributed by atoms with Crippen LogP contribution in [0.4, 0.5) is 17.6 Å². The van der Waals surface area contributed by atoms with E-state index in [1.54, 1.807) is 6.07 Å². The molecule has 0 bridgehead atoms. The highest BCUT2D eigenvalue weighted by Crippen LogP contribution is 2.23. The molecule has 0 saturated carbocycles. The summed E-state index contributed by atoms with van der Waals surface area (Å²) in [6.45, 7) is 3.09. The van der Waals surface area contributed by atoms with Crippen molar-refractivity contribution in [1.29, 1.82) is 0 Å².